The molecule has 0 spiro atoms. The summed E-state index contributed by atoms with van der Waals surface area (Å²) in [6.07, 6.45) is 10.8. The molecule has 2 aliphatic rings. The molecule has 27 heavy (non-hydrogen) atoms. The molecule has 1 saturated heterocycles. The molecule has 146 valence electrons. The summed E-state index contributed by atoms with van der Waals surface area (Å²) in [6, 6.07) is 7.87. The number of urea groups is 1. The summed E-state index contributed by atoms with van der Waals surface area (Å²) in [6.45, 7) is 1.36. The Hall–Kier alpha value is -2.01. The van der Waals surface area contributed by atoms with Crippen LogP contribution in [0.2, 0.25) is 5.02 Å². The van der Waals surface area contributed by atoms with Gasteiger partial charge in [0.2, 0.25) is 5.91 Å². The Morgan fingerprint density at radius 1 is 1.00 bits per heavy atom. The minimum absolute atomic E-state index is 0.0486. The number of carbonyl (C=O) groups is 2. The van der Waals surface area contributed by atoms with Crippen molar-refractivity contribution in [2.45, 2.75) is 57.0 Å². The first kappa shape index (κ1) is 19.7. The van der Waals surface area contributed by atoms with Crippen LogP contribution in [0.4, 0.5) is 4.79 Å². The molecule has 3 amide bonds. The molecule has 3 rings (SSSR count). The van der Waals surface area contributed by atoms with E-state index in [9.17, 15) is 9.59 Å². The van der Waals surface area contributed by atoms with Crippen molar-refractivity contribution in [3.05, 3.63) is 40.9 Å². The highest BCUT2D eigenvalue weighted by Gasteiger charge is 2.25. The molecule has 1 aliphatic carbocycles. The van der Waals surface area contributed by atoms with Crippen molar-refractivity contribution in [1.29, 1.82) is 0 Å². The molecular formula is C21H28ClN3O2. The Bertz CT molecular complexity index is 678. The lowest BCUT2D eigenvalue weighted by Gasteiger charge is -2.34. The van der Waals surface area contributed by atoms with Gasteiger partial charge in [-0.25, -0.2) is 4.79 Å². The largest absolute Gasteiger partial charge is 0.350 e. The van der Waals surface area contributed by atoms with Crippen LogP contribution in [0, 0.1) is 0 Å². The van der Waals surface area contributed by atoms with Crippen molar-refractivity contribution in [1.82, 2.24) is 15.5 Å². The molecule has 2 fully saturated rings. The normalized spacial score (nSPS) is 19.2. The average Bonchev–Trinajstić information content (AvgIpc) is 2.68. The highest BCUT2D eigenvalue weighted by atomic mass is 35.5. The predicted molar refractivity (Wildman–Crippen MR) is 109 cm³/mol. The number of rotatable bonds is 4. The molecule has 0 atom stereocenters. The van der Waals surface area contributed by atoms with Crippen LogP contribution in [-0.4, -0.2) is 42.0 Å². The molecule has 1 aliphatic heterocycles. The zero-order chi connectivity index (χ0) is 19.1. The van der Waals surface area contributed by atoms with Crippen LogP contribution in [0.25, 0.3) is 6.08 Å². The maximum atomic E-state index is 12.4. The van der Waals surface area contributed by atoms with Crippen LogP contribution < -0.4 is 10.6 Å². The van der Waals surface area contributed by atoms with Crippen molar-refractivity contribution < 1.29 is 9.59 Å². The van der Waals surface area contributed by atoms with E-state index in [0.717, 1.165) is 31.2 Å². The highest BCUT2D eigenvalue weighted by Crippen LogP contribution is 2.18. The summed E-state index contributed by atoms with van der Waals surface area (Å²) in [5, 5.41) is 6.84. The van der Waals surface area contributed by atoms with Gasteiger partial charge in [-0.3, -0.25) is 4.79 Å². The van der Waals surface area contributed by atoms with Gasteiger partial charge in [0.25, 0.3) is 0 Å². The second-order valence-corrected chi connectivity index (χ2v) is 7.88. The van der Waals surface area contributed by atoms with E-state index in [1.54, 1.807) is 12.1 Å². The van der Waals surface area contributed by atoms with Gasteiger partial charge in [-0.2, -0.15) is 0 Å². The Kier molecular flexibility index (Phi) is 7.16. The molecule has 0 unspecified atom stereocenters. The quantitative estimate of drug-likeness (QED) is 0.765. The first-order valence-corrected chi connectivity index (χ1v) is 10.3. The fraction of sp³-hybridized carbons (Fsp3) is 0.524. The smallest absolute Gasteiger partial charge is 0.317 e. The number of piperidine rings is 1. The van der Waals surface area contributed by atoms with Gasteiger partial charge >= 0.3 is 6.03 Å². The minimum Gasteiger partial charge on any atom is -0.350 e. The van der Waals surface area contributed by atoms with Gasteiger partial charge in [-0.05, 0) is 49.5 Å². The third-order valence-corrected chi connectivity index (χ3v) is 5.57. The summed E-state index contributed by atoms with van der Waals surface area (Å²) in [4.78, 5) is 26.4. The summed E-state index contributed by atoms with van der Waals surface area (Å²) >= 11 is 5.94. The number of benzene rings is 1. The van der Waals surface area contributed by atoms with Crippen molar-refractivity contribution >= 4 is 29.6 Å². The lowest BCUT2D eigenvalue weighted by Crippen LogP contribution is -2.51. The number of carbonyl (C=O) groups excluding carboxylic acids is 2. The monoisotopic (exact) mass is 389 g/mol. The van der Waals surface area contributed by atoms with E-state index in [1.807, 2.05) is 23.1 Å². The topological polar surface area (TPSA) is 61.4 Å². The molecule has 1 aromatic rings. The number of hydrogen-bond acceptors (Lipinski definition) is 2. The molecule has 2 N–H and O–H groups in total. The van der Waals surface area contributed by atoms with E-state index in [1.165, 1.54) is 25.3 Å². The van der Waals surface area contributed by atoms with Crippen LogP contribution in [-0.2, 0) is 4.79 Å². The number of nitrogens with zero attached hydrogens (tertiary/aromatic N) is 1. The van der Waals surface area contributed by atoms with Crippen molar-refractivity contribution in [2.75, 3.05) is 13.1 Å². The number of nitrogens with one attached hydrogen (secondary N) is 2. The molecule has 0 radical (unpaired) electrons. The summed E-state index contributed by atoms with van der Waals surface area (Å²) < 4.78 is 0. The molecule has 0 aromatic heterocycles. The van der Waals surface area contributed by atoms with E-state index < -0.39 is 0 Å². The standard InChI is InChI=1S/C21H28ClN3O2/c22-17-6-4-5-16(15-17)9-10-20(26)23-19-11-13-25(14-12-19)21(27)24-18-7-2-1-3-8-18/h4-6,9-10,15,18-19H,1-3,7-8,11-14H2,(H,23,26)(H,24,27)/b10-9+. The Morgan fingerprint density at radius 2 is 1.70 bits per heavy atom. The summed E-state index contributed by atoms with van der Waals surface area (Å²) in [7, 11) is 0. The van der Waals surface area contributed by atoms with Gasteiger partial charge in [-0.1, -0.05) is 43.0 Å². The third kappa shape index (κ3) is 6.28. The highest BCUT2D eigenvalue weighted by molar-refractivity contribution is 6.30. The third-order valence-electron chi connectivity index (χ3n) is 5.34. The van der Waals surface area contributed by atoms with Crippen LogP contribution in [0.15, 0.2) is 30.3 Å². The Labute approximate surface area is 166 Å². The van der Waals surface area contributed by atoms with Crippen molar-refractivity contribution in [3.63, 3.8) is 0 Å². The Balaban J connectivity index is 1.39. The van der Waals surface area contributed by atoms with Crippen molar-refractivity contribution in [2.24, 2.45) is 0 Å². The lowest BCUT2D eigenvalue weighted by atomic mass is 9.95. The van der Waals surface area contributed by atoms with E-state index in [-0.39, 0.29) is 18.0 Å². The molecule has 6 heteroatoms. The molecule has 0 bridgehead atoms. The second kappa shape index (κ2) is 9.79. The van der Waals surface area contributed by atoms with E-state index in [2.05, 4.69) is 10.6 Å². The fourth-order valence-corrected chi connectivity index (χ4v) is 3.97. The van der Waals surface area contributed by atoms with Gasteiger partial charge < -0.3 is 15.5 Å². The zero-order valence-electron chi connectivity index (χ0n) is 15.6. The van der Waals surface area contributed by atoms with Gasteiger partial charge in [0.15, 0.2) is 0 Å². The van der Waals surface area contributed by atoms with Crippen LogP contribution >= 0.6 is 11.6 Å². The maximum Gasteiger partial charge on any atom is 0.317 e. The first-order chi connectivity index (χ1) is 13.1. The zero-order valence-corrected chi connectivity index (χ0v) is 16.4. The molecule has 5 nitrogen and oxygen atoms in total. The molecular weight excluding hydrogens is 362 g/mol. The summed E-state index contributed by atoms with van der Waals surface area (Å²) in [5.74, 6) is -0.111. The maximum absolute atomic E-state index is 12.4. The number of hydrogen-bond donors (Lipinski definition) is 2. The number of amides is 3. The number of halogens is 1. The van der Waals surface area contributed by atoms with E-state index >= 15 is 0 Å². The minimum atomic E-state index is -0.111. The van der Waals surface area contributed by atoms with Gasteiger partial charge in [0, 0.05) is 36.3 Å². The van der Waals surface area contributed by atoms with Crippen molar-refractivity contribution in [3.8, 4) is 0 Å². The molecule has 1 saturated carbocycles. The van der Waals surface area contributed by atoms with E-state index in [4.69, 9.17) is 11.6 Å². The van der Waals surface area contributed by atoms with Gasteiger partial charge in [0.05, 0.1) is 0 Å². The SMILES string of the molecule is O=C(/C=C/c1cccc(Cl)c1)NC1CCN(C(=O)NC2CCCCC2)CC1. The summed E-state index contributed by atoms with van der Waals surface area (Å²) in [5.41, 5.74) is 0.895. The second-order valence-electron chi connectivity index (χ2n) is 7.44. The lowest BCUT2D eigenvalue weighted by molar-refractivity contribution is -0.117. The van der Waals surface area contributed by atoms with Gasteiger partial charge in [-0.15, -0.1) is 0 Å². The predicted octanol–water partition coefficient (Wildman–Crippen LogP) is 3.98. The molecule has 1 heterocycles. The first-order valence-electron chi connectivity index (χ1n) is 9.90. The Morgan fingerprint density at radius 3 is 2.41 bits per heavy atom. The average molecular weight is 390 g/mol. The van der Waals surface area contributed by atoms with Crippen LogP contribution in [0.3, 0.4) is 0 Å². The number of likely N-dealkylation sites (tertiary alicyclic amines) is 1. The van der Waals surface area contributed by atoms with Crippen LogP contribution in [0.1, 0.15) is 50.5 Å². The van der Waals surface area contributed by atoms with E-state index in [0.29, 0.717) is 24.2 Å². The molecule has 1 aromatic carbocycles. The van der Waals surface area contributed by atoms with Gasteiger partial charge in [0.1, 0.15) is 0 Å². The fourth-order valence-electron chi connectivity index (χ4n) is 3.77. The van der Waals surface area contributed by atoms with Crippen LogP contribution in [0.5, 0.6) is 0 Å².